The van der Waals surface area contributed by atoms with Crippen LogP contribution in [0.15, 0.2) is 48.5 Å². The molecule has 0 heterocycles. The molecule has 0 aliphatic heterocycles. The molecule has 9 heteroatoms. The quantitative estimate of drug-likeness (QED) is 0.311. The summed E-state index contributed by atoms with van der Waals surface area (Å²) in [5.74, 6) is 8.97. The predicted octanol–water partition coefficient (Wildman–Crippen LogP) is 2.07. The van der Waals surface area contributed by atoms with Gasteiger partial charge >= 0.3 is 0 Å². The van der Waals surface area contributed by atoms with Crippen LogP contribution in [-0.4, -0.2) is 47.3 Å². The van der Waals surface area contributed by atoms with Gasteiger partial charge in [0, 0.05) is 23.8 Å². The minimum Gasteiger partial charge on any atom is -0.508 e. The lowest BCUT2D eigenvalue weighted by molar-refractivity contribution is -0.157. The number of nitrogens with one attached hydrogen (secondary N) is 2. The summed E-state index contributed by atoms with van der Waals surface area (Å²) in [5.41, 5.74) is 0.186. The number of carbonyl (C=O) groups is 2. The van der Waals surface area contributed by atoms with E-state index in [2.05, 4.69) is 29.0 Å². The molecule has 2 aromatic carbocycles. The highest BCUT2D eigenvalue weighted by molar-refractivity contribution is 5.97. The van der Waals surface area contributed by atoms with Crippen molar-refractivity contribution in [2.45, 2.75) is 25.0 Å². The molecule has 2 amide bonds. The third-order valence-corrected chi connectivity index (χ3v) is 4.58. The van der Waals surface area contributed by atoms with Crippen molar-refractivity contribution in [2.75, 3.05) is 7.11 Å². The summed E-state index contributed by atoms with van der Waals surface area (Å²) in [5, 5.41) is 20.3. The van der Waals surface area contributed by atoms with E-state index in [1.165, 1.54) is 41.9 Å². The van der Waals surface area contributed by atoms with Gasteiger partial charge in [0.25, 0.3) is 18.2 Å². The highest BCUT2D eigenvalue weighted by Gasteiger charge is 2.48. The molecule has 0 aromatic heterocycles. The first kappa shape index (κ1) is 24.4. The minimum absolute atomic E-state index is 0.0780. The minimum atomic E-state index is -3.13. The highest BCUT2D eigenvalue weighted by Crippen LogP contribution is 2.24. The molecule has 0 saturated heterocycles. The maximum Gasteiger partial charge on any atom is 0.269 e. The van der Waals surface area contributed by atoms with E-state index in [0.717, 1.165) is 14.0 Å². The second kappa shape index (κ2) is 10.9. The van der Waals surface area contributed by atoms with Gasteiger partial charge in [-0.15, -0.1) is 0 Å². The zero-order chi connectivity index (χ0) is 23.7. The predicted molar refractivity (Wildman–Crippen MR) is 111 cm³/mol. The lowest BCUT2D eigenvalue weighted by Crippen LogP contribution is -2.62. The Morgan fingerprint density at radius 3 is 1.94 bits per heavy atom. The van der Waals surface area contributed by atoms with Crippen LogP contribution in [0.25, 0.3) is 0 Å². The van der Waals surface area contributed by atoms with Gasteiger partial charge in [-0.1, -0.05) is 11.8 Å². The number of phenols is 1. The van der Waals surface area contributed by atoms with Gasteiger partial charge < -0.3 is 15.2 Å². The van der Waals surface area contributed by atoms with E-state index in [-0.39, 0.29) is 11.3 Å². The smallest absolute Gasteiger partial charge is 0.269 e. The molecule has 2 atom stereocenters. The Bertz CT molecular complexity index is 1080. The van der Waals surface area contributed by atoms with E-state index in [1.807, 2.05) is 0 Å². The molecule has 0 saturated carbocycles. The van der Waals surface area contributed by atoms with E-state index >= 15 is 0 Å². The molecule has 0 aliphatic rings. The van der Waals surface area contributed by atoms with Crippen molar-refractivity contribution in [1.82, 2.24) is 10.8 Å². The van der Waals surface area contributed by atoms with Gasteiger partial charge in [0.1, 0.15) is 11.8 Å². The SMILES string of the molecule is COC(C)(C(F)F)C(NC(=O)c1ccc(C#CC#Cc2ccc(O)cc2)cc1)C(=O)NO. The molecule has 2 aromatic rings. The number of amides is 2. The average molecular weight is 442 g/mol. The van der Waals surface area contributed by atoms with Crippen LogP contribution in [0.2, 0.25) is 0 Å². The molecule has 2 unspecified atom stereocenters. The first-order valence-electron chi connectivity index (χ1n) is 9.20. The number of hydroxylamine groups is 1. The molecule has 0 aliphatic carbocycles. The fraction of sp³-hybridized carbons (Fsp3) is 0.217. The van der Waals surface area contributed by atoms with Crippen molar-refractivity contribution in [3.8, 4) is 29.4 Å². The number of hydrogen-bond donors (Lipinski definition) is 4. The van der Waals surface area contributed by atoms with Gasteiger partial charge in [-0.05, 0) is 67.3 Å². The van der Waals surface area contributed by atoms with Crippen molar-refractivity contribution >= 4 is 11.8 Å². The van der Waals surface area contributed by atoms with Crippen LogP contribution in [0.4, 0.5) is 8.78 Å². The number of phenolic OH excluding ortho intramolecular Hbond substituents is 1. The summed E-state index contributed by atoms with van der Waals surface area (Å²) in [4.78, 5) is 24.3. The van der Waals surface area contributed by atoms with Crippen LogP contribution in [0, 0.1) is 23.7 Å². The Hall–Kier alpha value is -3.92. The number of carbonyl (C=O) groups excluding carboxylic acids is 2. The first-order chi connectivity index (χ1) is 15.2. The van der Waals surface area contributed by atoms with E-state index in [4.69, 9.17) is 9.94 Å². The van der Waals surface area contributed by atoms with Crippen molar-refractivity contribution in [3.05, 3.63) is 65.2 Å². The van der Waals surface area contributed by atoms with Crippen molar-refractivity contribution in [2.24, 2.45) is 0 Å². The molecule has 0 radical (unpaired) electrons. The Kier molecular flexibility index (Phi) is 8.31. The lowest BCUT2D eigenvalue weighted by Gasteiger charge is -2.34. The summed E-state index contributed by atoms with van der Waals surface area (Å²) < 4.78 is 31.6. The van der Waals surface area contributed by atoms with E-state index in [9.17, 15) is 23.5 Å². The Morgan fingerprint density at radius 2 is 1.50 bits per heavy atom. The zero-order valence-corrected chi connectivity index (χ0v) is 17.1. The number of hydrogen-bond acceptors (Lipinski definition) is 5. The molecule has 2 rings (SSSR count). The summed E-state index contributed by atoms with van der Waals surface area (Å²) in [6, 6.07) is 10.3. The summed E-state index contributed by atoms with van der Waals surface area (Å²) in [6.07, 6.45) is -3.13. The molecule has 7 nitrogen and oxygen atoms in total. The van der Waals surface area contributed by atoms with Gasteiger partial charge in [0.2, 0.25) is 0 Å². The van der Waals surface area contributed by atoms with Crippen LogP contribution in [0.1, 0.15) is 28.4 Å². The van der Waals surface area contributed by atoms with Gasteiger partial charge in [0.15, 0.2) is 5.60 Å². The van der Waals surface area contributed by atoms with Crippen LogP contribution in [-0.2, 0) is 9.53 Å². The van der Waals surface area contributed by atoms with Gasteiger partial charge in [-0.25, -0.2) is 14.3 Å². The number of rotatable bonds is 6. The number of alkyl halides is 2. The van der Waals surface area contributed by atoms with E-state index in [0.29, 0.717) is 11.1 Å². The fourth-order valence-electron chi connectivity index (χ4n) is 2.54. The first-order valence-corrected chi connectivity index (χ1v) is 9.20. The fourth-order valence-corrected chi connectivity index (χ4v) is 2.54. The summed E-state index contributed by atoms with van der Waals surface area (Å²) in [6.45, 7) is 0.940. The highest BCUT2D eigenvalue weighted by atomic mass is 19.3. The van der Waals surface area contributed by atoms with Crippen LogP contribution < -0.4 is 10.8 Å². The molecular formula is C23H20F2N2O5. The summed E-state index contributed by atoms with van der Waals surface area (Å²) >= 11 is 0. The van der Waals surface area contributed by atoms with Crippen molar-refractivity contribution in [1.29, 1.82) is 0 Å². The number of aromatic hydroxyl groups is 1. The van der Waals surface area contributed by atoms with Crippen LogP contribution in [0.5, 0.6) is 5.75 Å². The van der Waals surface area contributed by atoms with Crippen molar-refractivity contribution in [3.63, 3.8) is 0 Å². The van der Waals surface area contributed by atoms with Crippen LogP contribution in [0.3, 0.4) is 0 Å². The number of ether oxygens (including phenoxy) is 1. The number of halogens is 2. The number of methoxy groups -OCH3 is 1. The second-order valence-electron chi connectivity index (χ2n) is 6.70. The summed E-state index contributed by atoms with van der Waals surface area (Å²) in [7, 11) is 0.966. The molecule has 0 bridgehead atoms. The molecular weight excluding hydrogens is 422 g/mol. The number of benzene rings is 2. The van der Waals surface area contributed by atoms with Gasteiger partial charge in [-0.3, -0.25) is 14.8 Å². The standard InChI is InChI=1S/C23H20F2N2O5/c1-23(32-2,22(24)25)19(21(30)27-31)26-20(29)17-11-7-15(8-12-17)5-3-4-6-16-9-13-18(28)14-10-16/h7-14,19,22,28,31H,1-2H3,(H,26,29)(H,27,30). The molecule has 32 heavy (non-hydrogen) atoms. The molecule has 4 N–H and O–H groups in total. The molecule has 0 fully saturated rings. The maximum absolute atomic E-state index is 13.4. The Balaban J connectivity index is 2.12. The van der Waals surface area contributed by atoms with Crippen LogP contribution >= 0.6 is 0 Å². The van der Waals surface area contributed by atoms with Gasteiger partial charge in [0.05, 0.1) is 0 Å². The van der Waals surface area contributed by atoms with E-state index < -0.39 is 29.9 Å². The normalized spacial score (nSPS) is 12.9. The molecule has 0 spiro atoms. The second-order valence-corrected chi connectivity index (χ2v) is 6.70. The third kappa shape index (κ3) is 6.05. The maximum atomic E-state index is 13.4. The van der Waals surface area contributed by atoms with Crippen molar-refractivity contribution < 1.29 is 33.4 Å². The Morgan fingerprint density at radius 1 is 1.00 bits per heavy atom. The van der Waals surface area contributed by atoms with Gasteiger partial charge in [-0.2, -0.15) is 0 Å². The average Bonchev–Trinajstić information content (AvgIpc) is 2.80. The van der Waals surface area contributed by atoms with E-state index in [1.54, 1.807) is 12.1 Å². The topological polar surface area (TPSA) is 108 Å². The Labute approximate surface area is 183 Å². The largest absolute Gasteiger partial charge is 0.508 e. The monoisotopic (exact) mass is 442 g/mol. The third-order valence-electron chi connectivity index (χ3n) is 4.58. The lowest BCUT2D eigenvalue weighted by atomic mass is 9.95. The zero-order valence-electron chi connectivity index (χ0n) is 17.1. The molecule has 166 valence electrons.